The molecule has 1 fully saturated rings. The van der Waals surface area contributed by atoms with Crippen LogP contribution in [-0.4, -0.2) is 63.5 Å². The zero-order chi connectivity index (χ0) is 28.7. The number of rotatable bonds is 12. The average Bonchev–Trinajstić information content (AvgIpc) is 2.84. The van der Waals surface area contributed by atoms with Crippen LogP contribution in [0, 0.1) is 5.41 Å². The second kappa shape index (κ2) is 13.7. The van der Waals surface area contributed by atoms with Crippen molar-refractivity contribution in [1.29, 1.82) is 0 Å². The molecule has 3 unspecified atom stereocenters. The van der Waals surface area contributed by atoms with Crippen molar-refractivity contribution in [3.05, 3.63) is 35.9 Å². The zero-order valence-electron chi connectivity index (χ0n) is 23.4. The fourth-order valence-electron chi connectivity index (χ4n) is 4.42. The maximum absolute atomic E-state index is 13.4. The van der Waals surface area contributed by atoms with Gasteiger partial charge in [0.2, 0.25) is 0 Å². The summed E-state index contributed by atoms with van der Waals surface area (Å²) in [6.45, 7) is 12.7. The number of esters is 3. The smallest absolute Gasteiger partial charge is 0.319 e. The van der Waals surface area contributed by atoms with Crippen LogP contribution in [-0.2, 0) is 33.4 Å². The van der Waals surface area contributed by atoms with Gasteiger partial charge in [-0.3, -0.25) is 19.2 Å². The number of hydrogen-bond donors (Lipinski definition) is 0. The fourth-order valence-corrected chi connectivity index (χ4v) is 4.68. The number of hydrogen-bond acceptors (Lipinski definition) is 8. The van der Waals surface area contributed by atoms with Gasteiger partial charge in [0.25, 0.3) is 0 Å². The lowest BCUT2D eigenvalue weighted by molar-refractivity contribution is -0.312. The Morgan fingerprint density at radius 2 is 1.37 bits per heavy atom. The van der Waals surface area contributed by atoms with Gasteiger partial charge in [-0.1, -0.05) is 62.2 Å². The molecular weight excluding hydrogens is 622 g/mol. The Morgan fingerprint density at radius 3 is 1.82 bits per heavy atom. The molecule has 2 rings (SSSR count). The number of hydroxylamine groups is 2. The lowest BCUT2D eigenvalue weighted by Gasteiger charge is -2.52. The van der Waals surface area contributed by atoms with Crippen LogP contribution in [0.15, 0.2) is 30.3 Å². The summed E-state index contributed by atoms with van der Waals surface area (Å²) < 4.78 is 16.4. The van der Waals surface area contributed by atoms with Gasteiger partial charge >= 0.3 is 17.9 Å². The molecular formula is C28H41Br2NO7. The Bertz CT molecular complexity index is 910. The van der Waals surface area contributed by atoms with Crippen LogP contribution in [0.2, 0.25) is 0 Å². The van der Waals surface area contributed by atoms with Gasteiger partial charge in [0.15, 0.2) is 0 Å². The van der Waals surface area contributed by atoms with Crippen LogP contribution in [0.5, 0.6) is 0 Å². The highest BCUT2D eigenvalue weighted by Gasteiger charge is 2.45. The molecule has 0 aromatic heterocycles. The van der Waals surface area contributed by atoms with Crippen molar-refractivity contribution in [3.63, 3.8) is 0 Å². The molecule has 0 amide bonds. The van der Waals surface area contributed by atoms with E-state index in [1.54, 1.807) is 20.8 Å². The van der Waals surface area contributed by atoms with Gasteiger partial charge in [0.05, 0.1) is 0 Å². The number of benzene rings is 1. The van der Waals surface area contributed by atoms with E-state index in [1.807, 2.05) is 35.4 Å². The van der Waals surface area contributed by atoms with Crippen LogP contribution < -0.4 is 0 Å². The van der Waals surface area contributed by atoms with E-state index >= 15 is 0 Å². The minimum Gasteiger partial charge on any atom is -0.464 e. The number of ether oxygens (including phenoxy) is 3. The van der Waals surface area contributed by atoms with Crippen molar-refractivity contribution >= 4 is 49.8 Å². The summed E-state index contributed by atoms with van der Waals surface area (Å²) in [5.74, 6) is -1.74. The van der Waals surface area contributed by atoms with Crippen LogP contribution in [0.25, 0.3) is 0 Å². The van der Waals surface area contributed by atoms with Crippen LogP contribution in [0.1, 0.15) is 79.4 Å². The van der Waals surface area contributed by atoms with Crippen molar-refractivity contribution in [1.82, 2.24) is 5.06 Å². The third-order valence-electron chi connectivity index (χ3n) is 6.65. The first-order chi connectivity index (χ1) is 17.6. The Labute approximate surface area is 243 Å². The zero-order valence-corrected chi connectivity index (χ0v) is 26.6. The molecule has 0 saturated carbocycles. The molecule has 1 saturated heterocycles. The number of carbonyl (C=O) groups is 3. The lowest BCUT2D eigenvalue weighted by atomic mass is 9.82. The van der Waals surface area contributed by atoms with Crippen molar-refractivity contribution in [2.75, 3.05) is 19.8 Å². The summed E-state index contributed by atoms with van der Waals surface area (Å²) in [6.07, 6.45) is 2.48. The Morgan fingerprint density at radius 1 is 0.895 bits per heavy atom. The molecule has 0 N–H and O–H groups in total. The normalized spacial score (nSPS) is 20.9. The minimum absolute atomic E-state index is 0.0767. The van der Waals surface area contributed by atoms with Gasteiger partial charge in [0.1, 0.15) is 41.0 Å². The molecule has 3 atom stereocenters. The van der Waals surface area contributed by atoms with Gasteiger partial charge in [0, 0.05) is 11.1 Å². The third-order valence-corrected chi connectivity index (χ3v) is 7.40. The number of piperidine rings is 1. The van der Waals surface area contributed by atoms with E-state index in [1.165, 1.54) is 0 Å². The van der Waals surface area contributed by atoms with E-state index < -0.39 is 39.1 Å². The molecule has 214 valence electrons. The van der Waals surface area contributed by atoms with E-state index in [2.05, 4.69) is 59.6 Å². The molecule has 38 heavy (non-hydrogen) atoms. The van der Waals surface area contributed by atoms with Crippen molar-refractivity contribution < 1.29 is 33.4 Å². The molecule has 0 radical (unpaired) electrons. The summed E-state index contributed by atoms with van der Waals surface area (Å²) in [4.78, 5) is 43.1. The topological polar surface area (TPSA) is 91.4 Å². The highest BCUT2D eigenvalue weighted by Crippen LogP contribution is 2.40. The van der Waals surface area contributed by atoms with Crippen LogP contribution in [0.3, 0.4) is 0 Å². The van der Waals surface area contributed by atoms with Crippen molar-refractivity contribution in [2.45, 2.75) is 94.6 Å². The molecule has 1 aromatic carbocycles. The van der Waals surface area contributed by atoms with Crippen molar-refractivity contribution in [3.8, 4) is 0 Å². The van der Waals surface area contributed by atoms with Gasteiger partial charge in [-0.25, -0.2) is 0 Å². The molecule has 1 aliphatic rings. The standard InChI is InChI=1S/C28H41Br2NO7/c1-19(29)23(32)36-17-28(7,18-37-24(33)20(2)30)25(34)35-16-22(21-12-9-8-10-13-21)38-31-26(3,4)14-11-15-27(31,5)6/h8-10,12-13,19-20,22H,11,14-18H2,1-7H3. The van der Waals surface area contributed by atoms with E-state index in [0.29, 0.717) is 0 Å². The van der Waals surface area contributed by atoms with E-state index in [9.17, 15) is 14.4 Å². The summed E-state index contributed by atoms with van der Waals surface area (Å²) in [5, 5.41) is 2.03. The van der Waals surface area contributed by atoms with Crippen LogP contribution >= 0.6 is 31.9 Å². The first kappa shape index (κ1) is 32.7. The molecule has 0 spiro atoms. The van der Waals surface area contributed by atoms with Crippen LogP contribution in [0.4, 0.5) is 0 Å². The number of halogens is 2. The SMILES string of the molecule is CC(Br)C(=O)OCC(C)(COC(=O)C(C)Br)C(=O)OCC(ON1C(C)(C)CCCC1(C)C)c1ccccc1. The molecule has 10 heteroatoms. The maximum Gasteiger partial charge on any atom is 0.319 e. The molecule has 1 heterocycles. The molecule has 1 aliphatic heterocycles. The third kappa shape index (κ3) is 9.03. The second-order valence-electron chi connectivity index (χ2n) is 11.4. The van der Waals surface area contributed by atoms with Crippen molar-refractivity contribution in [2.24, 2.45) is 5.41 Å². The van der Waals surface area contributed by atoms with Gasteiger partial charge < -0.3 is 14.2 Å². The average molecular weight is 663 g/mol. The lowest BCUT2D eigenvalue weighted by Crippen LogP contribution is -2.58. The van der Waals surface area contributed by atoms with Gasteiger partial charge in [-0.05, 0) is 73.3 Å². The summed E-state index contributed by atoms with van der Waals surface area (Å²) in [7, 11) is 0. The van der Waals surface area contributed by atoms with E-state index in [0.717, 1.165) is 24.8 Å². The number of carbonyl (C=O) groups excluding carboxylic acids is 3. The molecule has 0 bridgehead atoms. The van der Waals surface area contributed by atoms with E-state index in [4.69, 9.17) is 19.0 Å². The molecule has 0 aliphatic carbocycles. The minimum atomic E-state index is -1.42. The highest BCUT2D eigenvalue weighted by atomic mass is 79.9. The Balaban J connectivity index is 2.25. The summed E-state index contributed by atoms with van der Waals surface area (Å²) in [6, 6.07) is 9.59. The molecule has 8 nitrogen and oxygen atoms in total. The molecule has 1 aromatic rings. The first-order valence-corrected chi connectivity index (χ1v) is 14.7. The fraction of sp³-hybridized carbons (Fsp3) is 0.679. The summed E-state index contributed by atoms with van der Waals surface area (Å²) in [5.41, 5.74) is -0.985. The first-order valence-electron chi connectivity index (χ1n) is 12.9. The highest BCUT2D eigenvalue weighted by molar-refractivity contribution is 9.10. The number of nitrogens with zero attached hydrogens (tertiary/aromatic N) is 1. The monoisotopic (exact) mass is 661 g/mol. The second-order valence-corrected chi connectivity index (χ2v) is 14.1. The van der Waals surface area contributed by atoms with E-state index in [-0.39, 0.29) is 30.9 Å². The predicted octanol–water partition coefficient (Wildman–Crippen LogP) is 5.91. The van der Waals surface area contributed by atoms with Gasteiger partial charge in [-0.2, -0.15) is 5.06 Å². The maximum atomic E-state index is 13.4. The summed E-state index contributed by atoms with van der Waals surface area (Å²) >= 11 is 6.33. The predicted molar refractivity (Wildman–Crippen MR) is 152 cm³/mol. The Hall–Kier alpha value is -1.49. The quantitative estimate of drug-likeness (QED) is 0.155. The largest absolute Gasteiger partial charge is 0.464 e. The Kier molecular flexibility index (Phi) is 11.8. The number of alkyl halides is 2. The van der Waals surface area contributed by atoms with Gasteiger partial charge in [-0.15, -0.1) is 0 Å².